The Labute approximate surface area is 227 Å². The van der Waals surface area contributed by atoms with Crippen LogP contribution in [0.2, 0.25) is 0 Å². The molecule has 3 aromatic rings. The van der Waals surface area contributed by atoms with E-state index in [2.05, 4.69) is 85.8 Å². The lowest BCUT2D eigenvalue weighted by molar-refractivity contribution is -0.646. The number of hydrogen-bond acceptors (Lipinski definition) is 6. The van der Waals surface area contributed by atoms with E-state index in [0.717, 1.165) is 73.1 Å². The lowest BCUT2D eigenvalue weighted by Gasteiger charge is -2.31. The monoisotopic (exact) mass is 519 g/mol. The largest absolute Gasteiger partial charge is 0.491 e. The molecule has 0 bridgehead atoms. The Morgan fingerprint density at radius 2 is 1.66 bits per heavy atom. The van der Waals surface area contributed by atoms with Crippen molar-refractivity contribution in [1.82, 2.24) is 0 Å². The van der Waals surface area contributed by atoms with Crippen molar-refractivity contribution in [2.75, 3.05) is 56.5 Å². The fraction of sp³-hybridized carbons (Fsp3) is 0.484. The van der Waals surface area contributed by atoms with Gasteiger partial charge in [-0.25, -0.2) is 0 Å². The van der Waals surface area contributed by atoms with Crippen molar-refractivity contribution >= 4 is 28.0 Å². The summed E-state index contributed by atoms with van der Waals surface area (Å²) in [5.74, 6) is 1.69. The normalized spacial score (nSPS) is 14.1. The Balaban J connectivity index is 1.72. The molecule has 0 saturated carbocycles. The molecule has 1 aliphatic heterocycles. The highest BCUT2D eigenvalue weighted by Crippen LogP contribution is 2.41. The number of nitrogens with zero attached hydrogens (tertiary/aromatic N) is 4. The number of para-hydroxylation sites is 1. The van der Waals surface area contributed by atoms with Gasteiger partial charge in [0.1, 0.15) is 29.9 Å². The Hall–Kier alpha value is -3.32. The van der Waals surface area contributed by atoms with Gasteiger partial charge in [-0.2, -0.15) is 9.67 Å². The summed E-state index contributed by atoms with van der Waals surface area (Å²) in [5, 5.41) is 8.14. The molecule has 1 aliphatic rings. The topological polar surface area (TPSA) is 50.4 Å². The van der Waals surface area contributed by atoms with E-state index >= 15 is 0 Å². The first-order valence-electron chi connectivity index (χ1n) is 14.0. The molecule has 0 atom stereocenters. The molecule has 0 amide bonds. The van der Waals surface area contributed by atoms with Crippen LogP contribution in [0.1, 0.15) is 52.1 Å². The molecule has 1 saturated heterocycles. The number of fused-ring (bicyclic) bond motifs is 1. The number of unbranched alkanes of at least 4 members (excludes halogenated alkanes) is 2. The average molecular weight is 520 g/mol. The fourth-order valence-electron chi connectivity index (χ4n) is 4.76. The molecule has 38 heavy (non-hydrogen) atoms. The van der Waals surface area contributed by atoms with Crippen molar-refractivity contribution in [3.63, 3.8) is 0 Å². The van der Waals surface area contributed by atoms with E-state index in [1.165, 1.54) is 10.9 Å². The SMILES string of the molecule is CCCCOc1cc(N(C)N=C(C)c2ccc3ccccc3[n+]2C)c(OCCCC)cc1N1CCOCC1. The highest BCUT2D eigenvalue weighted by atomic mass is 16.5. The maximum Gasteiger partial charge on any atom is 0.228 e. The van der Waals surface area contributed by atoms with Gasteiger partial charge in [-0.3, -0.25) is 5.01 Å². The van der Waals surface area contributed by atoms with Crippen LogP contribution < -0.4 is 23.9 Å². The molecule has 0 unspecified atom stereocenters. The molecule has 0 spiro atoms. The molecule has 4 rings (SSSR count). The van der Waals surface area contributed by atoms with Gasteiger partial charge in [0.25, 0.3) is 0 Å². The summed E-state index contributed by atoms with van der Waals surface area (Å²) < 4.78 is 20.5. The number of hydrazone groups is 1. The number of anilines is 2. The average Bonchev–Trinajstić information content (AvgIpc) is 2.94. The molecule has 0 N–H and O–H groups in total. The first-order valence-corrected chi connectivity index (χ1v) is 14.0. The molecule has 0 radical (unpaired) electrons. The smallest absolute Gasteiger partial charge is 0.228 e. The van der Waals surface area contributed by atoms with Crippen LogP contribution in [0.5, 0.6) is 11.5 Å². The number of pyridine rings is 1. The zero-order valence-corrected chi connectivity index (χ0v) is 23.7. The molecule has 7 heteroatoms. The summed E-state index contributed by atoms with van der Waals surface area (Å²) >= 11 is 0. The van der Waals surface area contributed by atoms with Crippen molar-refractivity contribution in [1.29, 1.82) is 0 Å². The van der Waals surface area contributed by atoms with Crippen molar-refractivity contribution < 1.29 is 18.8 Å². The van der Waals surface area contributed by atoms with Gasteiger partial charge in [-0.1, -0.05) is 38.8 Å². The first kappa shape index (κ1) is 27.7. The van der Waals surface area contributed by atoms with Crippen LogP contribution in [-0.4, -0.2) is 52.3 Å². The minimum Gasteiger partial charge on any atom is -0.491 e. The minimum absolute atomic E-state index is 0.665. The lowest BCUT2D eigenvalue weighted by atomic mass is 10.1. The summed E-state index contributed by atoms with van der Waals surface area (Å²) in [6, 6.07) is 16.9. The van der Waals surface area contributed by atoms with Crippen LogP contribution in [0.4, 0.5) is 11.4 Å². The summed E-state index contributed by atoms with van der Waals surface area (Å²) in [7, 11) is 4.07. The highest BCUT2D eigenvalue weighted by molar-refractivity contribution is 5.97. The molecule has 1 fully saturated rings. The summed E-state index contributed by atoms with van der Waals surface area (Å²) in [4.78, 5) is 2.34. The van der Waals surface area contributed by atoms with Crippen LogP contribution in [0.15, 0.2) is 53.6 Å². The van der Waals surface area contributed by atoms with Crippen LogP contribution in [-0.2, 0) is 11.8 Å². The summed E-state index contributed by atoms with van der Waals surface area (Å²) in [6.45, 7) is 10.9. The standard InChI is InChI=1S/C31H43N4O3/c1-6-8-18-37-30-23-29(35-16-20-36-21-17-35)31(38-19-9-7-2)22-28(30)34(5)32-24(3)26-15-14-25-12-10-11-13-27(25)33(26)4/h10-15,22-23H,6-9,16-21H2,1-5H3/q+1. The molecule has 204 valence electrons. The quantitative estimate of drug-likeness (QED) is 0.133. The maximum atomic E-state index is 6.35. The Morgan fingerprint density at radius 3 is 2.37 bits per heavy atom. The number of benzene rings is 2. The molecular formula is C31H43N4O3+. The predicted molar refractivity (Wildman–Crippen MR) is 156 cm³/mol. The van der Waals surface area contributed by atoms with Gasteiger partial charge in [-0.15, -0.1) is 0 Å². The third-order valence-corrected chi connectivity index (χ3v) is 7.00. The van der Waals surface area contributed by atoms with Gasteiger partial charge in [0.15, 0.2) is 0 Å². The second kappa shape index (κ2) is 13.5. The Morgan fingerprint density at radius 1 is 0.974 bits per heavy atom. The third kappa shape index (κ3) is 6.57. The third-order valence-electron chi connectivity index (χ3n) is 7.00. The number of ether oxygens (including phenoxy) is 3. The maximum absolute atomic E-state index is 6.35. The molecule has 0 aliphatic carbocycles. The number of aryl methyl sites for hydroxylation is 1. The number of aromatic nitrogens is 1. The number of morpholine rings is 1. The highest BCUT2D eigenvalue weighted by Gasteiger charge is 2.22. The first-order chi connectivity index (χ1) is 18.5. The van der Waals surface area contributed by atoms with Crippen LogP contribution >= 0.6 is 0 Å². The van der Waals surface area contributed by atoms with E-state index in [4.69, 9.17) is 19.3 Å². The van der Waals surface area contributed by atoms with Crippen molar-refractivity contribution in [2.24, 2.45) is 12.1 Å². The molecular weight excluding hydrogens is 476 g/mol. The van der Waals surface area contributed by atoms with E-state index in [1.807, 2.05) is 12.1 Å². The van der Waals surface area contributed by atoms with E-state index in [0.29, 0.717) is 26.4 Å². The Bertz CT molecular complexity index is 1240. The fourth-order valence-corrected chi connectivity index (χ4v) is 4.76. The zero-order valence-electron chi connectivity index (χ0n) is 23.7. The van der Waals surface area contributed by atoms with Gasteiger partial charge in [0.05, 0.1) is 32.1 Å². The zero-order chi connectivity index (χ0) is 26.9. The molecule has 2 aromatic carbocycles. The number of rotatable bonds is 12. The van der Waals surface area contributed by atoms with Crippen molar-refractivity contribution in [3.05, 3.63) is 54.2 Å². The van der Waals surface area contributed by atoms with E-state index in [-0.39, 0.29) is 0 Å². The van der Waals surface area contributed by atoms with E-state index in [1.54, 1.807) is 0 Å². The molecule has 7 nitrogen and oxygen atoms in total. The van der Waals surface area contributed by atoms with E-state index < -0.39 is 0 Å². The molecule has 1 aromatic heterocycles. The minimum atomic E-state index is 0.665. The molecule has 2 heterocycles. The van der Waals surface area contributed by atoms with Gasteiger partial charge < -0.3 is 19.1 Å². The van der Waals surface area contributed by atoms with Crippen molar-refractivity contribution in [2.45, 2.75) is 46.5 Å². The number of hydrogen-bond donors (Lipinski definition) is 0. The van der Waals surface area contributed by atoms with Crippen LogP contribution in [0, 0.1) is 0 Å². The predicted octanol–water partition coefficient (Wildman–Crippen LogP) is 5.72. The lowest BCUT2D eigenvalue weighted by Crippen LogP contribution is -2.37. The van der Waals surface area contributed by atoms with E-state index in [9.17, 15) is 0 Å². The Kier molecular flexibility index (Phi) is 9.82. The van der Waals surface area contributed by atoms with Crippen LogP contribution in [0.3, 0.4) is 0 Å². The van der Waals surface area contributed by atoms with Crippen LogP contribution in [0.25, 0.3) is 10.9 Å². The van der Waals surface area contributed by atoms with Gasteiger partial charge in [0.2, 0.25) is 11.2 Å². The summed E-state index contributed by atoms with van der Waals surface area (Å²) in [5.41, 5.74) is 5.12. The second-order valence-corrected chi connectivity index (χ2v) is 9.84. The van der Waals surface area contributed by atoms with Gasteiger partial charge in [-0.05, 0) is 31.9 Å². The second-order valence-electron chi connectivity index (χ2n) is 9.84. The van der Waals surface area contributed by atoms with Crippen molar-refractivity contribution in [3.8, 4) is 11.5 Å². The summed E-state index contributed by atoms with van der Waals surface area (Å²) in [6.07, 6.45) is 4.18. The van der Waals surface area contributed by atoms with Gasteiger partial charge >= 0.3 is 0 Å². The van der Waals surface area contributed by atoms with Gasteiger partial charge in [0, 0.05) is 49.8 Å².